The molecule has 0 aromatic heterocycles. The molecule has 1 aliphatic heterocycles. The minimum absolute atomic E-state index is 0.109. The third-order valence-electron chi connectivity index (χ3n) is 11.2. The largest absolute Gasteiger partial charge is 0.455 e. The molecule has 2 unspecified atom stereocenters. The van der Waals surface area contributed by atoms with Gasteiger partial charge in [-0.25, -0.2) is 9.59 Å². The van der Waals surface area contributed by atoms with Crippen LogP contribution in [0.15, 0.2) is 71.8 Å². The minimum Gasteiger partial charge on any atom is -0.455 e. The number of ether oxygens (including phenoxy) is 4. The number of aliphatic hydroxyl groups excluding tert-OH is 2. The number of esters is 2. The van der Waals surface area contributed by atoms with Crippen LogP contribution >= 0.6 is 0 Å². The van der Waals surface area contributed by atoms with Crippen molar-refractivity contribution in [2.45, 2.75) is 89.2 Å². The van der Waals surface area contributed by atoms with Crippen LogP contribution in [-0.4, -0.2) is 87.5 Å². The van der Waals surface area contributed by atoms with E-state index in [0.717, 1.165) is 0 Å². The topological polar surface area (TPSA) is 178 Å². The Morgan fingerprint density at radius 3 is 2.17 bits per heavy atom. The summed E-state index contributed by atoms with van der Waals surface area (Å²) in [7, 11) is 0. The number of nitrogens with one attached hydrogen (secondary N) is 1. The van der Waals surface area contributed by atoms with Crippen LogP contribution in [0.3, 0.4) is 0 Å². The average Bonchev–Trinajstić information content (AvgIpc) is 3.03. The van der Waals surface area contributed by atoms with Gasteiger partial charge in [-0.1, -0.05) is 50.2 Å². The Kier molecular flexibility index (Phi) is 8.30. The zero-order valence-corrected chi connectivity index (χ0v) is 27.5. The number of carbonyl (C=O) groups is 4. The highest BCUT2D eigenvalue weighted by atomic mass is 16.6. The summed E-state index contributed by atoms with van der Waals surface area (Å²) >= 11 is 0. The molecule has 2 bridgehead atoms. The zero-order valence-electron chi connectivity index (χ0n) is 27.5. The highest BCUT2D eigenvalue weighted by Gasteiger charge is 2.78. The Bertz CT molecular complexity index is 1660. The van der Waals surface area contributed by atoms with Gasteiger partial charge in [-0.15, -0.1) is 0 Å². The number of hydrogen-bond donors (Lipinski definition) is 4. The molecule has 12 heteroatoms. The number of anilines is 1. The smallest absolute Gasteiger partial charge is 0.412 e. The Labute approximate surface area is 278 Å². The van der Waals surface area contributed by atoms with Crippen molar-refractivity contribution in [2.24, 2.45) is 16.7 Å². The van der Waals surface area contributed by atoms with Gasteiger partial charge >= 0.3 is 18.0 Å². The van der Waals surface area contributed by atoms with E-state index in [1.54, 1.807) is 69.3 Å². The number of hydrogen-bond acceptors (Lipinski definition) is 11. The highest BCUT2D eigenvalue weighted by Crippen LogP contribution is 2.64. The van der Waals surface area contributed by atoms with E-state index >= 15 is 4.79 Å². The zero-order chi connectivity index (χ0) is 34.8. The second kappa shape index (κ2) is 11.8. The molecule has 0 radical (unpaired) electrons. The van der Waals surface area contributed by atoms with Crippen LogP contribution in [0.1, 0.15) is 57.8 Å². The van der Waals surface area contributed by atoms with Crippen LogP contribution in [0.5, 0.6) is 0 Å². The molecule has 9 atom stereocenters. The Morgan fingerprint density at radius 1 is 0.958 bits per heavy atom. The fourth-order valence-electron chi connectivity index (χ4n) is 8.52. The van der Waals surface area contributed by atoms with Gasteiger partial charge in [0.15, 0.2) is 17.5 Å². The van der Waals surface area contributed by atoms with E-state index < -0.39 is 82.3 Å². The van der Waals surface area contributed by atoms with Crippen molar-refractivity contribution in [3.8, 4) is 0 Å². The highest BCUT2D eigenvalue weighted by molar-refractivity contribution is 5.97. The van der Waals surface area contributed by atoms with Crippen molar-refractivity contribution in [3.63, 3.8) is 0 Å². The normalized spacial score (nSPS) is 36.6. The number of fused-ring (bicyclic) bond motifs is 5. The van der Waals surface area contributed by atoms with Crippen molar-refractivity contribution in [3.05, 3.63) is 77.4 Å². The maximum atomic E-state index is 15.2. The number of ketones is 1. The summed E-state index contributed by atoms with van der Waals surface area (Å²) in [6, 6.07) is 16.5. The first kappa shape index (κ1) is 33.8. The van der Waals surface area contributed by atoms with Crippen molar-refractivity contribution in [1.82, 2.24) is 0 Å². The lowest BCUT2D eigenvalue weighted by Gasteiger charge is -2.67. The molecule has 6 rings (SSSR count). The lowest BCUT2D eigenvalue weighted by molar-refractivity contribution is -0.345. The molecule has 1 saturated heterocycles. The molecule has 12 nitrogen and oxygen atoms in total. The van der Waals surface area contributed by atoms with Crippen LogP contribution in [0.25, 0.3) is 0 Å². The monoisotopic (exact) mass is 663 g/mol. The van der Waals surface area contributed by atoms with Crippen LogP contribution in [0, 0.1) is 16.7 Å². The number of rotatable bonds is 5. The van der Waals surface area contributed by atoms with Crippen molar-refractivity contribution in [1.29, 1.82) is 0 Å². The van der Waals surface area contributed by atoms with Gasteiger partial charge < -0.3 is 34.3 Å². The van der Waals surface area contributed by atoms with E-state index in [0.29, 0.717) is 5.69 Å². The molecular formula is C36H41NO11. The molecule has 0 spiro atoms. The fraction of sp³-hybridized carbons (Fsp3) is 0.500. The second-order valence-electron chi connectivity index (χ2n) is 14.1. The van der Waals surface area contributed by atoms with Gasteiger partial charge in [0, 0.05) is 30.9 Å². The molecule has 256 valence electrons. The summed E-state index contributed by atoms with van der Waals surface area (Å²) in [5.41, 5.74) is -6.33. The number of para-hydroxylation sites is 1. The van der Waals surface area contributed by atoms with Gasteiger partial charge in [0.2, 0.25) is 0 Å². The SMILES string of the molecule is CC(=O)O[C@@]12CO[C@@H]1C[C@H](O)[C@@]1(C)C(=O)[C@H](OC(=O)Nc3ccccc3)C3=C(C)[C@@H](O)C[C@@](O)(C(OC(=O)c4ccccc4)C12)C3(C)C. The van der Waals surface area contributed by atoms with Crippen molar-refractivity contribution in [2.75, 3.05) is 11.9 Å². The number of Topliss-reactive ketones (excluding diaryl/α,β-unsaturated/α-hetero) is 1. The van der Waals surface area contributed by atoms with Gasteiger partial charge in [-0.05, 0) is 49.3 Å². The summed E-state index contributed by atoms with van der Waals surface area (Å²) in [4.78, 5) is 55.3. The molecule has 1 amide bonds. The van der Waals surface area contributed by atoms with Gasteiger partial charge in [0.25, 0.3) is 0 Å². The van der Waals surface area contributed by atoms with Crippen LogP contribution in [0.2, 0.25) is 0 Å². The molecule has 4 N–H and O–H groups in total. The summed E-state index contributed by atoms with van der Waals surface area (Å²) in [5, 5.41) is 39.1. The van der Waals surface area contributed by atoms with Crippen LogP contribution in [0.4, 0.5) is 10.5 Å². The lowest BCUT2D eigenvalue weighted by Crippen LogP contribution is -2.81. The molecule has 2 aromatic rings. The van der Waals surface area contributed by atoms with Crippen LogP contribution in [-0.2, 0) is 28.5 Å². The lowest BCUT2D eigenvalue weighted by atomic mass is 9.44. The van der Waals surface area contributed by atoms with E-state index in [2.05, 4.69) is 5.32 Å². The molecule has 3 aliphatic carbocycles. The second-order valence-corrected chi connectivity index (χ2v) is 14.1. The van der Waals surface area contributed by atoms with E-state index in [4.69, 9.17) is 18.9 Å². The number of carbonyl (C=O) groups excluding carboxylic acids is 4. The van der Waals surface area contributed by atoms with E-state index in [-0.39, 0.29) is 36.2 Å². The summed E-state index contributed by atoms with van der Waals surface area (Å²) < 4.78 is 24.0. The number of amides is 1. The van der Waals surface area contributed by atoms with E-state index in [1.807, 2.05) is 0 Å². The first-order valence-electron chi connectivity index (χ1n) is 16.0. The summed E-state index contributed by atoms with van der Waals surface area (Å²) in [6.45, 7) is 7.24. The number of aliphatic hydroxyl groups is 3. The predicted octanol–water partition coefficient (Wildman–Crippen LogP) is 3.34. The van der Waals surface area contributed by atoms with Crippen LogP contribution < -0.4 is 5.32 Å². The predicted molar refractivity (Wildman–Crippen MR) is 169 cm³/mol. The third-order valence-corrected chi connectivity index (χ3v) is 11.2. The molecule has 2 saturated carbocycles. The van der Waals surface area contributed by atoms with Gasteiger partial charge in [-0.2, -0.15) is 0 Å². The Hall–Kier alpha value is -4.10. The average molecular weight is 664 g/mol. The molecular weight excluding hydrogens is 622 g/mol. The quantitative estimate of drug-likeness (QED) is 0.210. The van der Waals surface area contributed by atoms with Gasteiger partial charge in [0.05, 0.1) is 35.7 Å². The molecule has 2 aromatic carbocycles. The Balaban J connectivity index is 1.58. The standard InChI is InChI=1S/C36H41NO11/c1-19-23(39)17-36(44)30(47-31(42)21-12-8-6-9-13-21)28-34(5,24(40)16-25-35(28,18-45-25)48-20(2)38)29(41)27(26(19)33(36,3)4)46-32(43)37-22-14-10-7-11-15-22/h6-15,23-25,27-28,30,39-40,44H,16-18H2,1-5H3,(H,37,43)/t23-,24-,25+,27+,28?,30?,34+,35-,36+/m0/s1. The van der Waals surface area contributed by atoms with Gasteiger partial charge in [0.1, 0.15) is 17.8 Å². The third kappa shape index (κ3) is 4.96. The first-order valence-corrected chi connectivity index (χ1v) is 16.0. The van der Waals surface area contributed by atoms with E-state index in [1.165, 1.54) is 26.0 Å². The van der Waals surface area contributed by atoms with Gasteiger partial charge in [-0.3, -0.25) is 14.9 Å². The first-order chi connectivity index (χ1) is 22.6. The molecule has 1 heterocycles. The molecule has 4 aliphatic rings. The molecule has 3 fully saturated rings. The maximum Gasteiger partial charge on any atom is 0.412 e. The maximum absolute atomic E-state index is 15.2. The summed E-state index contributed by atoms with van der Waals surface area (Å²) in [6.07, 6.45) is -8.61. The summed E-state index contributed by atoms with van der Waals surface area (Å²) in [5.74, 6) is -3.76. The van der Waals surface area contributed by atoms with Crippen molar-refractivity contribution >= 4 is 29.5 Å². The molecule has 48 heavy (non-hydrogen) atoms. The Morgan fingerprint density at radius 2 is 1.58 bits per heavy atom. The number of benzene rings is 2. The minimum atomic E-state index is -2.17. The van der Waals surface area contributed by atoms with Crippen molar-refractivity contribution < 1.29 is 53.4 Å². The fourth-order valence-corrected chi connectivity index (χ4v) is 8.52. The van der Waals surface area contributed by atoms with E-state index in [9.17, 15) is 29.7 Å².